The molecule has 0 unspecified atom stereocenters. The van der Waals surface area contributed by atoms with Crippen LogP contribution in [-0.2, 0) is 6.54 Å². The second kappa shape index (κ2) is 7.97. The van der Waals surface area contributed by atoms with Gasteiger partial charge in [-0.05, 0) is 40.8 Å². The number of rotatable bonds is 5. The highest BCUT2D eigenvalue weighted by atomic mass is 35.5. The minimum Gasteiger partial charge on any atom is -0.477 e. The summed E-state index contributed by atoms with van der Waals surface area (Å²) >= 11 is 6.18. The number of carbonyl (C=O) groups is 2. The van der Waals surface area contributed by atoms with E-state index >= 15 is 0 Å². The molecule has 0 atom stereocenters. The summed E-state index contributed by atoms with van der Waals surface area (Å²) in [4.78, 5) is 37.0. The van der Waals surface area contributed by atoms with Crippen LogP contribution >= 0.6 is 11.6 Å². The first-order valence-corrected chi connectivity index (χ1v) is 9.56. The predicted molar refractivity (Wildman–Crippen MR) is 117 cm³/mol. The third-order valence-corrected chi connectivity index (χ3v) is 5.17. The summed E-state index contributed by atoms with van der Waals surface area (Å²) in [7, 11) is 0. The number of carboxylic acids is 1. The molecule has 1 N–H and O–H groups in total. The number of benzene rings is 3. The van der Waals surface area contributed by atoms with Gasteiger partial charge in [0.15, 0.2) is 0 Å². The quantitative estimate of drug-likeness (QED) is 0.469. The number of fused-ring (bicyclic) bond motifs is 1. The monoisotopic (exact) mass is 417 g/mol. The SMILES string of the molecule is O=Cc1cccc(-c2c(C(=O)O)n(Cc3ccccc3)c(=O)c3ccc(Cl)cc23)c1. The molecule has 0 spiro atoms. The Kier molecular flexibility index (Phi) is 5.21. The van der Waals surface area contributed by atoms with E-state index in [-0.39, 0.29) is 12.2 Å². The molecule has 3 aromatic carbocycles. The summed E-state index contributed by atoms with van der Waals surface area (Å²) in [5, 5.41) is 11.3. The molecule has 1 heterocycles. The standard InChI is InChI=1S/C24H16ClNO4/c25-18-9-10-19-20(12-18)21(17-8-4-7-16(11-17)14-27)22(24(29)30)26(23(19)28)13-15-5-2-1-3-6-15/h1-12,14H,13H2,(H,29,30). The molecular formula is C24H16ClNO4. The van der Waals surface area contributed by atoms with Crippen molar-refractivity contribution >= 4 is 34.6 Å². The number of pyridine rings is 1. The van der Waals surface area contributed by atoms with Crippen molar-refractivity contribution in [2.45, 2.75) is 6.54 Å². The zero-order valence-corrected chi connectivity index (χ0v) is 16.5. The largest absolute Gasteiger partial charge is 0.477 e. The van der Waals surface area contributed by atoms with Crippen molar-refractivity contribution in [3.05, 3.63) is 105 Å². The second-order valence-corrected chi connectivity index (χ2v) is 7.28. The van der Waals surface area contributed by atoms with Crippen LogP contribution in [0.1, 0.15) is 26.4 Å². The molecule has 5 nitrogen and oxygen atoms in total. The maximum Gasteiger partial charge on any atom is 0.353 e. The summed E-state index contributed by atoms with van der Waals surface area (Å²) in [5.41, 5.74) is 1.49. The van der Waals surface area contributed by atoms with E-state index in [1.807, 2.05) is 30.3 Å². The fourth-order valence-corrected chi connectivity index (χ4v) is 3.79. The molecule has 148 valence electrons. The minimum atomic E-state index is -1.24. The first-order chi connectivity index (χ1) is 14.5. The normalized spacial score (nSPS) is 10.8. The van der Waals surface area contributed by atoms with Crippen molar-refractivity contribution in [1.82, 2.24) is 4.57 Å². The second-order valence-electron chi connectivity index (χ2n) is 6.84. The Balaban J connectivity index is 2.14. The van der Waals surface area contributed by atoms with Crippen molar-refractivity contribution in [3.63, 3.8) is 0 Å². The molecule has 30 heavy (non-hydrogen) atoms. The van der Waals surface area contributed by atoms with Crippen molar-refractivity contribution in [1.29, 1.82) is 0 Å². The number of carbonyl (C=O) groups excluding carboxylic acids is 1. The number of hydrogen-bond donors (Lipinski definition) is 1. The number of halogens is 1. The summed E-state index contributed by atoms with van der Waals surface area (Å²) in [6.07, 6.45) is 0.694. The van der Waals surface area contributed by atoms with Gasteiger partial charge in [-0.15, -0.1) is 0 Å². The summed E-state index contributed by atoms with van der Waals surface area (Å²) < 4.78 is 1.26. The number of carboxylic acid groups (broad SMARTS) is 1. The lowest BCUT2D eigenvalue weighted by atomic mass is 9.95. The summed E-state index contributed by atoms with van der Waals surface area (Å²) in [6, 6.07) is 20.6. The van der Waals surface area contributed by atoms with Crippen molar-refractivity contribution in [2.75, 3.05) is 0 Å². The zero-order valence-electron chi connectivity index (χ0n) is 15.7. The van der Waals surface area contributed by atoms with Gasteiger partial charge in [-0.1, -0.05) is 60.1 Å². The van der Waals surface area contributed by atoms with Gasteiger partial charge < -0.3 is 5.11 Å². The third-order valence-electron chi connectivity index (χ3n) is 4.93. The van der Waals surface area contributed by atoms with Crippen molar-refractivity contribution < 1.29 is 14.7 Å². The lowest BCUT2D eigenvalue weighted by Crippen LogP contribution is -2.28. The minimum absolute atomic E-state index is 0.0975. The van der Waals surface area contributed by atoms with Gasteiger partial charge in [0, 0.05) is 21.5 Å². The first kappa shape index (κ1) is 19.6. The molecule has 4 aromatic rings. The van der Waals surface area contributed by atoms with Gasteiger partial charge in [0.2, 0.25) is 0 Å². The van der Waals surface area contributed by atoms with E-state index in [1.165, 1.54) is 4.57 Å². The Labute approximate surface area is 176 Å². The van der Waals surface area contributed by atoms with Gasteiger partial charge >= 0.3 is 5.97 Å². The van der Waals surface area contributed by atoms with Gasteiger partial charge in [0.1, 0.15) is 12.0 Å². The van der Waals surface area contributed by atoms with E-state index in [0.717, 1.165) is 5.56 Å². The van der Waals surface area contributed by atoms with E-state index in [1.54, 1.807) is 42.5 Å². The molecule has 1 aromatic heterocycles. The van der Waals surface area contributed by atoms with Crippen LogP contribution in [0.25, 0.3) is 21.9 Å². The molecule has 0 saturated heterocycles. The topological polar surface area (TPSA) is 76.4 Å². The average molecular weight is 418 g/mol. The maximum atomic E-state index is 13.3. The fourth-order valence-electron chi connectivity index (χ4n) is 3.62. The van der Waals surface area contributed by atoms with Crippen molar-refractivity contribution in [3.8, 4) is 11.1 Å². The number of aromatic carboxylic acids is 1. The Bertz CT molecular complexity index is 1340. The summed E-state index contributed by atoms with van der Waals surface area (Å²) in [5.74, 6) is -1.24. The van der Waals surface area contributed by atoms with Crippen LogP contribution in [0.15, 0.2) is 77.6 Å². The van der Waals surface area contributed by atoms with Crippen LogP contribution in [0, 0.1) is 0 Å². The van der Waals surface area contributed by atoms with Gasteiger partial charge in [-0.2, -0.15) is 0 Å². The Morgan fingerprint density at radius 2 is 1.73 bits per heavy atom. The van der Waals surface area contributed by atoms with Gasteiger partial charge in [-0.25, -0.2) is 4.79 Å². The van der Waals surface area contributed by atoms with Gasteiger partial charge in [0.05, 0.1) is 6.54 Å². The van der Waals surface area contributed by atoms with Gasteiger partial charge in [-0.3, -0.25) is 14.2 Å². The fraction of sp³-hybridized carbons (Fsp3) is 0.0417. The van der Waals surface area contributed by atoms with E-state index in [9.17, 15) is 19.5 Å². The lowest BCUT2D eigenvalue weighted by Gasteiger charge is -2.18. The van der Waals surface area contributed by atoms with Crippen LogP contribution in [-0.4, -0.2) is 21.9 Å². The van der Waals surface area contributed by atoms with E-state index in [4.69, 9.17) is 11.6 Å². The molecule has 4 rings (SSSR count). The third kappa shape index (κ3) is 3.51. The number of aromatic nitrogens is 1. The maximum absolute atomic E-state index is 13.3. The molecule has 0 saturated carbocycles. The Morgan fingerprint density at radius 3 is 2.43 bits per heavy atom. The molecule has 0 aliphatic heterocycles. The number of nitrogens with zero attached hydrogens (tertiary/aromatic N) is 1. The van der Waals surface area contributed by atoms with E-state index in [0.29, 0.717) is 38.8 Å². The molecule has 0 aliphatic carbocycles. The zero-order chi connectivity index (χ0) is 21.3. The highest BCUT2D eigenvalue weighted by molar-refractivity contribution is 6.31. The highest BCUT2D eigenvalue weighted by Gasteiger charge is 2.23. The molecule has 0 bridgehead atoms. The van der Waals surface area contributed by atoms with Crippen LogP contribution in [0.5, 0.6) is 0 Å². The number of aldehydes is 1. The molecule has 0 amide bonds. The van der Waals surface area contributed by atoms with E-state index in [2.05, 4.69) is 0 Å². The lowest BCUT2D eigenvalue weighted by molar-refractivity contribution is 0.0685. The Morgan fingerprint density at radius 1 is 0.967 bits per heavy atom. The van der Waals surface area contributed by atoms with Crippen LogP contribution in [0.2, 0.25) is 5.02 Å². The van der Waals surface area contributed by atoms with Crippen LogP contribution in [0.4, 0.5) is 0 Å². The molecule has 0 radical (unpaired) electrons. The molecule has 0 fully saturated rings. The molecular weight excluding hydrogens is 402 g/mol. The first-order valence-electron chi connectivity index (χ1n) is 9.18. The summed E-state index contributed by atoms with van der Waals surface area (Å²) in [6.45, 7) is 0.0975. The average Bonchev–Trinajstić information content (AvgIpc) is 2.75. The van der Waals surface area contributed by atoms with Crippen LogP contribution in [0.3, 0.4) is 0 Å². The van der Waals surface area contributed by atoms with E-state index < -0.39 is 11.5 Å². The van der Waals surface area contributed by atoms with Crippen molar-refractivity contribution in [2.24, 2.45) is 0 Å². The highest BCUT2D eigenvalue weighted by Crippen LogP contribution is 2.33. The van der Waals surface area contributed by atoms with Crippen LogP contribution < -0.4 is 5.56 Å². The predicted octanol–water partition coefficient (Wildman–Crippen LogP) is 4.88. The Hall–Kier alpha value is -3.70. The molecule has 0 aliphatic rings. The molecule has 6 heteroatoms. The van der Waals surface area contributed by atoms with Gasteiger partial charge in [0.25, 0.3) is 5.56 Å². The smallest absolute Gasteiger partial charge is 0.353 e. The number of hydrogen-bond acceptors (Lipinski definition) is 3.